The monoisotopic (exact) mass is 444 g/mol. The lowest BCUT2D eigenvalue weighted by atomic mass is 9.91. The van der Waals surface area contributed by atoms with Crippen LogP contribution in [0.1, 0.15) is 31.2 Å². The SMILES string of the molecule is CN(Cc1ccccc1)[C@H]1CC[C@@H](NS(=O)(=O)c2ccc(N3CCOCC3)nc2)CC1. The molecule has 0 atom stereocenters. The number of ether oxygens (including phenoxy) is 1. The number of anilines is 1. The summed E-state index contributed by atoms with van der Waals surface area (Å²) in [6.07, 6.45) is 5.15. The topological polar surface area (TPSA) is 74.8 Å². The zero-order valence-corrected chi connectivity index (χ0v) is 18.9. The van der Waals surface area contributed by atoms with Crippen molar-refractivity contribution in [3.05, 3.63) is 54.2 Å². The third kappa shape index (κ3) is 5.83. The van der Waals surface area contributed by atoms with E-state index >= 15 is 0 Å². The molecule has 168 valence electrons. The Labute approximate surface area is 185 Å². The van der Waals surface area contributed by atoms with Crippen LogP contribution in [-0.4, -0.2) is 63.7 Å². The molecule has 31 heavy (non-hydrogen) atoms. The number of nitrogens with one attached hydrogen (secondary N) is 1. The van der Waals surface area contributed by atoms with Crippen LogP contribution in [0.15, 0.2) is 53.6 Å². The van der Waals surface area contributed by atoms with Gasteiger partial charge in [0.2, 0.25) is 10.0 Å². The fraction of sp³-hybridized carbons (Fsp3) is 0.522. The molecule has 1 saturated carbocycles. The molecular weight excluding hydrogens is 412 g/mol. The Balaban J connectivity index is 1.29. The number of pyridine rings is 1. The van der Waals surface area contributed by atoms with Crippen molar-refractivity contribution in [1.29, 1.82) is 0 Å². The maximum absolute atomic E-state index is 12.8. The number of benzene rings is 1. The van der Waals surface area contributed by atoms with E-state index in [1.54, 1.807) is 12.1 Å². The van der Waals surface area contributed by atoms with E-state index in [-0.39, 0.29) is 10.9 Å². The minimum Gasteiger partial charge on any atom is -0.378 e. The number of morpholine rings is 1. The second-order valence-electron chi connectivity index (χ2n) is 8.48. The van der Waals surface area contributed by atoms with Gasteiger partial charge in [-0.2, -0.15) is 0 Å². The predicted octanol–water partition coefficient (Wildman–Crippen LogP) is 2.64. The van der Waals surface area contributed by atoms with E-state index in [4.69, 9.17) is 4.74 Å². The zero-order chi connectivity index (χ0) is 21.7. The van der Waals surface area contributed by atoms with Crippen molar-refractivity contribution in [3.8, 4) is 0 Å². The van der Waals surface area contributed by atoms with Gasteiger partial charge in [0.05, 0.1) is 13.2 Å². The van der Waals surface area contributed by atoms with E-state index in [0.29, 0.717) is 19.3 Å². The molecule has 0 unspecified atom stereocenters. The molecule has 0 spiro atoms. The van der Waals surface area contributed by atoms with E-state index < -0.39 is 10.0 Å². The van der Waals surface area contributed by atoms with Gasteiger partial charge < -0.3 is 9.64 Å². The average Bonchev–Trinajstić information content (AvgIpc) is 2.81. The molecule has 1 aliphatic carbocycles. The molecule has 0 bridgehead atoms. The molecule has 0 amide bonds. The zero-order valence-electron chi connectivity index (χ0n) is 18.1. The van der Waals surface area contributed by atoms with Crippen molar-refractivity contribution < 1.29 is 13.2 Å². The van der Waals surface area contributed by atoms with Gasteiger partial charge in [0.15, 0.2) is 0 Å². The van der Waals surface area contributed by atoms with Gasteiger partial charge >= 0.3 is 0 Å². The normalized spacial score (nSPS) is 22.6. The van der Waals surface area contributed by atoms with Crippen LogP contribution in [0.5, 0.6) is 0 Å². The Bertz CT molecular complexity index is 923. The third-order valence-electron chi connectivity index (χ3n) is 6.28. The Morgan fingerprint density at radius 3 is 2.42 bits per heavy atom. The molecule has 8 heteroatoms. The summed E-state index contributed by atoms with van der Waals surface area (Å²) >= 11 is 0. The number of aromatic nitrogens is 1. The summed E-state index contributed by atoms with van der Waals surface area (Å²) < 4.78 is 34.0. The Morgan fingerprint density at radius 1 is 1.06 bits per heavy atom. The Morgan fingerprint density at radius 2 is 1.77 bits per heavy atom. The van der Waals surface area contributed by atoms with Crippen molar-refractivity contribution in [2.75, 3.05) is 38.3 Å². The lowest BCUT2D eigenvalue weighted by Gasteiger charge is -2.35. The second-order valence-corrected chi connectivity index (χ2v) is 10.2. The largest absolute Gasteiger partial charge is 0.378 e. The van der Waals surface area contributed by atoms with Crippen LogP contribution in [-0.2, 0) is 21.3 Å². The molecular formula is C23H32N4O3S. The first-order chi connectivity index (χ1) is 15.0. The first-order valence-electron chi connectivity index (χ1n) is 11.1. The molecule has 2 fully saturated rings. The highest BCUT2D eigenvalue weighted by atomic mass is 32.2. The Kier molecular flexibility index (Phi) is 7.22. The standard InChI is InChI=1S/C23H32N4O3S/c1-26(18-19-5-3-2-4-6-19)21-9-7-20(8-10-21)25-31(28,29)22-11-12-23(24-17-22)27-13-15-30-16-14-27/h2-6,11-12,17,20-21,25H,7-10,13-16,18H2,1H3/t20-,21+. The molecule has 1 aliphatic heterocycles. The predicted molar refractivity (Wildman–Crippen MR) is 122 cm³/mol. The van der Waals surface area contributed by atoms with Crippen LogP contribution >= 0.6 is 0 Å². The fourth-order valence-electron chi connectivity index (χ4n) is 4.43. The molecule has 2 heterocycles. The van der Waals surface area contributed by atoms with Gasteiger partial charge in [0, 0.05) is 37.9 Å². The van der Waals surface area contributed by atoms with Crippen LogP contribution in [0.25, 0.3) is 0 Å². The smallest absolute Gasteiger partial charge is 0.242 e. The van der Waals surface area contributed by atoms with Gasteiger partial charge in [-0.1, -0.05) is 30.3 Å². The van der Waals surface area contributed by atoms with Crippen molar-refractivity contribution in [3.63, 3.8) is 0 Å². The molecule has 2 aromatic rings. The van der Waals surface area contributed by atoms with E-state index in [2.05, 4.69) is 50.8 Å². The van der Waals surface area contributed by atoms with E-state index in [0.717, 1.165) is 51.1 Å². The summed E-state index contributed by atoms with van der Waals surface area (Å²) in [5, 5.41) is 0. The van der Waals surface area contributed by atoms with Crippen LogP contribution in [0, 0.1) is 0 Å². The van der Waals surface area contributed by atoms with Crippen molar-refractivity contribution in [1.82, 2.24) is 14.6 Å². The maximum Gasteiger partial charge on any atom is 0.242 e. The van der Waals surface area contributed by atoms with Crippen LogP contribution in [0.2, 0.25) is 0 Å². The Hall–Kier alpha value is -2.00. The van der Waals surface area contributed by atoms with Gasteiger partial charge in [-0.05, 0) is 50.4 Å². The van der Waals surface area contributed by atoms with Gasteiger partial charge in [-0.15, -0.1) is 0 Å². The highest BCUT2D eigenvalue weighted by Crippen LogP contribution is 2.25. The lowest BCUT2D eigenvalue weighted by molar-refractivity contribution is 0.122. The number of hydrogen-bond donors (Lipinski definition) is 1. The maximum atomic E-state index is 12.8. The number of nitrogens with zero attached hydrogens (tertiary/aromatic N) is 3. The first kappa shape index (κ1) is 22.2. The van der Waals surface area contributed by atoms with E-state index in [1.165, 1.54) is 11.8 Å². The minimum absolute atomic E-state index is 0.0229. The highest BCUT2D eigenvalue weighted by Gasteiger charge is 2.28. The summed E-state index contributed by atoms with van der Waals surface area (Å²) in [6, 6.07) is 14.4. The third-order valence-corrected chi connectivity index (χ3v) is 7.79. The molecule has 1 saturated heterocycles. The fourth-order valence-corrected chi connectivity index (χ4v) is 5.68. The number of rotatable bonds is 7. The lowest BCUT2D eigenvalue weighted by Crippen LogP contribution is -2.42. The van der Waals surface area contributed by atoms with Crippen molar-refractivity contribution >= 4 is 15.8 Å². The molecule has 1 aromatic heterocycles. The van der Waals surface area contributed by atoms with Gasteiger partial charge in [-0.3, -0.25) is 4.90 Å². The number of sulfonamides is 1. The average molecular weight is 445 g/mol. The van der Waals surface area contributed by atoms with Gasteiger partial charge in [0.1, 0.15) is 10.7 Å². The molecule has 2 aliphatic rings. The van der Waals surface area contributed by atoms with Crippen LogP contribution in [0.3, 0.4) is 0 Å². The van der Waals surface area contributed by atoms with E-state index in [9.17, 15) is 8.42 Å². The number of hydrogen-bond acceptors (Lipinski definition) is 6. The van der Waals surface area contributed by atoms with Crippen molar-refractivity contribution in [2.45, 2.75) is 49.2 Å². The summed E-state index contributed by atoms with van der Waals surface area (Å²) in [5.41, 5.74) is 1.31. The molecule has 1 N–H and O–H groups in total. The van der Waals surface area contributed by atoms with Gasteiger partial charge in [-0.25, -0.2) is 18.1 Å². The summed E-state index contributed by atoms with van der Waals surface area (Å²) in [5.74, 6) is 0.796. The van der Waals surface area contributed by atoms with E-state index in [1.807, 2.05) is 6.07 Å². The molecule has 4 rings (SSSR count). The van der Waals surface area contributed by atoms with Crippen LogP contribution < -0.4 is 9.62 Å². The summed E-state index contributed by atoms with van der Waals surface area (Å²) in [6.45, 7) is 3.82. The molecule has 0 radical (unpaired) electrons. The highest BCUT2D eigenvalue weighted by molar-refractivity contribution is 7.89. The van der Waals surface area contributed by atoms with Crippen LogP contribution in [0.4, 0.5) is 5.82 Å². The summed E-state index contributed by atoms with van der Waals surface area (Å²) in [7, 11) is -1.41. The van der Waals surface area contributed by atoms with Gasteiger partial charge in [0.25, 0.3) is 0 Å². The first-order valence-corrected chi connectivity index (χ1v) is 12.5. The second kappa shape index (κ2) is 10.1. The van der Waals surface area contributed by atoms with Crippen molar-refractivity contribution in [2.24, 2.45) is 0 Å². The quantitative estimate of drug-likeness (QED) is 0.708. The molecule has 7 nitrogen and oxygen atoms in total. The summed E-state index contributed by atoms with van der Waals surface area (Å²) in [4.78, 5) is 9.11. The minimum atomic E-state index is -3.56. The molecule has 1 aromatic carbocycles.